The summed E-state index contributed by atoms with van der Waals surface area (Å²) in [6.07, 6.45) is 3.71. The van der Waals surface area contributed by atoms with Crippen LogP contribution in [0.4, 0.5) is 5.95 Å². The molecule has 0 saturated carbocycles. The van der Waals surface area contributed by atoms with Crippen LogP contribution >= 0.6 is 27.5 Å². The van der Waals surface area contributed by atoms with E-state index in [9.17, 15) is 0 Å². The van der Waals surface area contributed by atoms with Crippen LogP contribution in [0.5, 0.6) is 0 Å². The van der Waals surface area contributed by atoms with Crippen molar-refractivity contribution in [3.05, 3.63) is 81.6 Å². The van der Waals surface area contributed by atoms with Crippen LogP contribution < -0.4 is 5.32 Å². The molecule has 3 aromatic rings. The maximum Gasteiger partial charge on any atom is 0.226 e. The number of nitrogens with zero attached hydrogens (tertiary/aromatic N) is 3. The molecule has 4 nitrogen and oxygen atoms in total. The van der Waals surface area contributed by atoms with Gasteiger partial charge < -0.3 is 5.32 Å². The van der Waals surface area contributed by atoms with E-state index in [1.54, 1.807) is 6.33 Å². The molecule has 114 valence electrons. The van der Waals surface area contributed by atoms with Gasteiger partial charge in [-0.3, -0.25) is 0 Å². The predicted molar refractivity (Wildman–Crippen MR) is 95.4 cm³/mol. The van der Waals surface area contributed by atoms with Crippen LogP contribution in [0, 0.1) is 0 Å². The molecule has 1 aliphatic heterocycles. The second-order valence-electron chi connectivity index (χ2n) is 5.24. The van der Waals surface area contributed by atoms with Crippen molar-refractivity contribution < 1.29 is 0 Å². The highest BCUT2D eigenvalue weighted by molar-refractivity contribution is 9.10. The third-order valence-electron chi connectivity index (χ3n) is 3.77. The van der Waals surface area contributed by atoms with E-state index >= 15 is 0 Å². The SMILES string of the molecule is Clc1ccc(C2=CC(c3ccc(Br)cc3)n3ncnc3N2)cc1. The highest BCUT2D eigenvalue weighted by Crippen LogP contribution is 2.32. The van der Waals surface area contributed by atoms with Crippen LogP contribution in [0.1, 0.15) is 17.2 Å². The summed E-state index contributed by atoms with van der Waals surface area (Å²) >= 11 is 9.46. The summed E-state index contributed by atoms with van der Waals surface area (Å²) < 4.78 is 2.93. The van der Waals surface area contributed by atoms with Crippen molar-refractivity contribution in [3.63, 3.8) is 0 Å². The van der Waals surface area contributed by atoms with Gasteiger partial charge in [-0.2, -0.15) is 10.1 Å². The minimum absolute atomic E-state index is 0.00692. The number of nitrogens with one attached hydrogen (secondary N) is 1. The predicted octanol–water partition coefficient (Wildman–Crippen LogP) is 4.75. The molecule has 2 heterocycles. The molecule has 0 fully saturated rings. The number of halogens is 2. The fraction of sp³-hybridized carbons (Fsp3) is 0.0588. The summed E-state index contributed by atoms with van der Waals surface area (Å²) in [4.78, 5) is 4.31. The zero-order valence-corrected chi connectivity index (χ0v) is 14.3. The molecule has 1 N–H and O–H groups in total. The van der Waals surface area contributed by atoms with Crippen LogP contribution in [0.3, 0.4) is 0 Å². The Labute approximate surface area is 146 Å². The van der Waals surface area contributed by atoms with Crippen molar-refractivity contribution in [1.82, 2.24) is 14.8 Å². The van der Waals surface area contributed by atoms with Crippen molar-refractivity contribution in [2.75, 3.05) is 5.32 Å². The van der Waals surface area contributed by atoms with E-state index in [2.05, 4.69) is 49.5 Å². The van der Waals surface area contributed by atoms with Crippen molar-refractivity contribution in [1.29, 1.82) is 0 Å². The summed E-state index contributed by atoms with van der Waals surface area (Å²) in [5.74, 6) is 0.727. The Hall–Kier alpha value is -2.11. The maximum absolute atomic E-state index is 5.98. The van der Waals surface area contributed by atoms with Crippen LogP contribution in [0.2, 0.25) is 5.02 Å². The van der Waals surface area contributed by atoms with Gasteiger partial charge in [-0.15, -0.1) is 0 Å². The number of aromatic nitrogens is 3. The lowest BCUT2D eigenvalue weighted by Crippen LogP contribution is -2.20. The molecule has 0 bridgehead atoms. The van der Waals surface area contributed by atoms with Crippen LogP contribution in [0.25, 0.3) is 5.70 Å². The van der Waals surface area contributed by atoms with Gasteiger partial charge in [0.1, 0.15) is 12.4 Å². The van der Waals surface area contributed by atoms with E-state index in [1.807, 2.05) is 41.1 Å². The number of rotatable bonds is 2. The maximum atomic E-state index is 5.98. The summed E-state index contributed by atoms with van der Waals surface area (Å²) in [6, 6.07) is 16.0. The van der Waals surface area contributed by atoms with E-state index in [1.165, 1.54) is 0 Å². The summed E-state index contributed by atoms with van der Waals surface area (Å²) in [5, 5.41) is 8.39. The van der Waals surface area contributed by atoms with Crippen LogP contribution in [-0.4, -0.2) is 14.8 Å². The van der Waals surface area contributed by atoms with E-state index in [-0.39, 0.29) is 6.04 Å². The monoisotopic (exact) mass is 386 g/mol. The normalized spacial score (nSPS) is 16.4. The Morgan fingerprint density at radius 2 is 1.78 bits per heavy atom. The smallest absolute Gasteiger partial charge is 0.226 e. The lowest BCUT2D eigenvalue weighted by Gasteiger charge is -2.24. The number of hydrogen-bond donors (Lipinski definition) is 1. The lowest BCUT2D eigenvalue weighted by molar-refractivity contribution is 0.612. The van der Waals surface area contributed by atoms with Gasteiger partial charge in [0.15, 0.2) is 0 Å². The first-order valence-electron chi connectivity index (χ1n) is 7.10. The Balaban J connectivity index is 1.79. The number of allylic oxidation sites excluding steroid dienone is 1. The molecule has 2 aromatic carbocycles. The van der Waals surface area contributed by atoms with Gasteiger partial charge >= 0.3 is 0 Å². The standard InChI is InChI=1S/C17H12BrClN4/c18-13-5-1-12(2-6-13)16-9-15(11-3-7-14(19)8-4-11)22-17-20-10-21-23(16)17/h1-10,16H,(H,20,21,22). The van der Waals surface area contributed by atoms with Crippen molar-refractivity contribution in [3.8, 4) is 0 Å². The number of benzene rings is 2. The zero-order chi connectivity index (χ0) is 15.8. The largest absolute Gasteiger partial charge is 0.324 e. The Kier molecular flexibility index (Phi) is 3.67. The van der Waals surface area contributed by atoms with Crippen molar-refractivity contribution in [2.24, 2.45) is 0 Å². The zero-order valence-electron chi connectivity index (χ0n) is 11.9. The second-order valence-corrected chi connectivity index (χ2v) is 6.59. The summed E-state index contributed by atoms with van der Waals surface area (Å²) in [6.45, 7) is 0. The Morgan fingerprint density at radius 3 is 2.52 bits per heavy atom. The number of fused-ring (bicyclic) bond motifs is 1. The molecule has 1 aromatic heterocycles. The molecule has 0 aliphatic carbocycles. The fourth-order valence-corrected chi connectivity index (χ4v) is 3.02. The van der Waals surface area contributed by atoms with Gasteiger partial charge in [0, 0.05) is 15.2 Å². The van der Waals surface area contributed by atoms with Crippen LogP contribution in [-0.2, 0) is 0 Å². The first kappa shape index (κ1) is 14.5. The molecular formula is C17H12BrClN4. The van der Waals surface area contributed by atoms with Gasteiger partial charge in [0.2, 0.25) is 5.95 Å². The van der Waals surface area contributed by atoms with E-state index in [0.29, 0.717) is 0 Å². The molecule has 4 rings (SSSR count). The molecular weight excluding hydrogens is 376 g/mol. The molecule has 0 spiro atoms. The molecule has 6 heteroatoms. The van der Waals surface area contributed by atoms with Gasteiger partial charge in [-0.05, 0) is 41.5 Å². The molecule has 1 unspecified atom stereocenters. The van der Waals surface area contributed by atoms with Gasteiger partial charge in [-0.1, -0.05) is 51.8 Å². The fourth-order valence-electron chi connectivity index (χ4n) is 2.63. The lowest BCUT2D eigenvalue weighted by atomic mass is 10.0. The number of anilines is 1. The first-order chi connectivity index (χ1) is 11.2. The Morgan fingerprint density at radius 1 is 1.04 bits per heavy atom. The molecule has 1 aliphatic rings. The first-order valence-corrected chi connectivity index (χ1v) is 8.27. The van der Waals surface area contributed by atoms with Gasteiger partial charge in [-0.25, -0.2) is 4.68 Å². The van der Waals surface area contributed by atoms with E-state index < -0.39 is 0 Å². The third kappa shape index (κ3) is 2.78. The summed E-state index contributed by atoms with van der Waals surface area (Å²) in [7, 11) is 0. The minimum Gasteiger partial charge on any atom is -0.324 e. The molecule has 23 heavy (non-hydrogen) atoms. The van der Waals surface area contributed by atoms with Crippen molar-refractivity contribution in [2.45, 2.75) is 6.04 Å². The quantitative estimate of drug-likeness (QED) is 0.690. The summed E-state index contributed by atoms with van der Waals surface area (Å²) in [5.41, 5.74) is 3.20. The van der Waals surface area contributed by atoms with E-state index in [0.717, 1.165) is 32.3 Å². The van der Waals surface area contributed by atoms with Crippen LogP contribution in [0.15, 0.2) is 65.4 Å². The van der Waals surface area contributed by atoms with Gasteiger partial charge in [0.05, 0.1) is 0 Å². The topological polar surface area (TPSA) is 42.7 Å². The Bertz CT molecular complexity index is 868. The average molecular weight is 388 g/mol. The minimum atomic E-state index is -0.00692. The molecule has 0 radical (unpaired) electrons. The van der Waals surface area contributed by atoms with Crippen molar-refractivity contribution >= 4 is 39.2 Å². The molecule has 1 atom stereocenters. The number of hydrogen-bond acceptors (Lipinski definition) is 3. The highest BCUT2D eigenvalue weighted by Gasteiger charge is 2.23. The third-order valence-corrected chi connectivity index (χ3v) is 4.55. The molecule has 0 amide bonds. The van der Waals surface area contributed by atoms with E-state index in [4.69, 9.17) is 11.6 Å². The highest BCUT2D eigenvalue weighted by atomic mass is 79.9. The molecule has 0 saturated heterocycles. The van der Waals surface area contributed by atoms with Gasteiger partial charge in [0.25, 0.3) is 0 Å². The second kappa shape index (κ2) is 5.83. The average Bonchev–Trinajstić information content (AvgIpc) is 3.04.